The molecule has 0 bridgehead atoms. The van der Waals surface area contributed by atoms with Gasteiger partial charge in [-0.1, -0.05) is 12.6 Å². The van der Waals surface area contributed by atoms with E-state index < -0.39 is 17.6 Å². The lowest BCUT2D eigenvalue weighted by atomic mass is 10.0. The van der Waals surface area contributed by atoms with Gasteiger partial charge in [0.15, 0.2) is 5.75 Å². The van der Waals surface area contributed by atoms with Gasteiger partial charge in [0.2, 0.25) is 5.91 Å². The fraction of sp³-hybridized carbons (Fsp3) is 0.100. The van der Waals surface area contributed by atoms with Gasteiger partial charge in [0, 0.05) is 23.6 Å². The molecule has 0 saturated carbocycles. The lowest BCUT2D eigenvalue weighted by Crippen LogP contribution is -2.14. The van der Waals surface area contributed by atoms with E-state index in [1.54, 1.807) is 18.3 Å². The van der Waals surface area contributed by atoms with Crippen molar-refractivity contribution in [3.8, 4) is 11.5 Å². The van der Waals surface area contributed by atoms with Gasteiger partial charge in [0.25, 0.3) is 0 Å². The third-order valence-corrected chi connectivity index (χ3v) is 3.91. The molecule has 1 amide bonds. The highest BCUT2D eigenvalue weighted by molar-refractivity contribution is 5.92. The van der Waals surface area contributed by atoms with Crippen LogP contribution >= 0.6 is 0 Å². The number of carbonyl (C=O) groups excluding carboxylic acids is 1. The number of hydrogen-bond donors (Lipinski definition) is 1. The number of ether oxygens (including phenoxy) is 1. The number of carbonyl (C=O) groups is 1. The molecule has 0 atom stereocenters. The minimum absolute atomic E-state index is 0.226. The largest absolute Gasteiger partial charge is 0.455 e. The smallest absolute Gasteiger partial charge is 0.416 e. The fourth-order valence-corrected chi connectivity index (χ4v) is 2.57. The molecule has 3 aromatic rings. The summed E-state index contributed by atoms with van der Waals surface area (Å²) >= 11 is 0. The van der Waals surface area contributed by atoms with E-state index in [0.29, 0.717) is 11.3 Å². The maximum atomic E-state index is 12.7. The molecule has 0 spiro atoms. The number of rotatable bonds is 5. The van der Waals surface area contributed by atoms with Crippen LogP contribution in [-0.2, 0) is 17.4 Å². The van der Waals surface area contributed by atoms with Crippen molar-refractivity contribution < 1.29 is 22.7 Å². The molecule has 27 heavy (non-hydrogen) atoms. The molecular weight excluding hydrogens is 357 g/mol. The topological polar surface area (TPSA) is 65.2 Å². The molecule has 1 heterocycles. The standard InChI is InChI=1S/C20H15F3N2O2/c1-12(19(24)26)9-13-10-14-3-2-8-25-18(14)17(11-13)27-16-6-4-15(5-7-16)20(21,22)23/h2-8,10-11H,1,9H2,(H2,24,26). The first-order valence-corrected chi connectivity index (χ1v) is 7.94. The van der Waals surface area contributed by atoms with Gasteiger partial charge in [-0.3, -0.25) is 9.78 Å². The van der Waals surface area contributed by atoms with Gasteiger partial charge >= 0.3 is 6.18 Å². The molecule has 0 aliphatic rings. The predicted octanol–water partition coefficient (Wildman–Crippen LogP) is 4.63. The highest BCUT2D eigenvalue weighted by Gasteiger charge is 2.30. The molecule has 2 N–H and O–H groups in total. The van der Waals surface area contributed by atoms with E-state index in [1.807, 2.05) is 12.1 Å². The molecule has 0 fully saturated rings. The molecule has 1 aromatic heterocycles. The normalized spacial score (nSPS) is 11.4. The fourth-order valence-electron chi connectivity index (χ4n) is 2.57. The Balaban J connectivity index is 1.97. The summed E-state index contributed by atoms with van der Waals surface area (Å²) in [4.78, 5) is 15.5. The van der Waals surface area contributed by atoms with Crippen molar-refractivity contribution in [2.45, 2.75) is 12.6 Å². The Morgan fingerprint density at radius 3 is 2.48 bits per heavy atom. The molecule has 7 heteroatoms. The highest BCUT2D eigenvalue weighted by atomic mass is 19.4. The summed E-state index contributed by atoms with van der Waals surface area (Å²) in [5.41, 5.74) is 5.98. The van der Waals surface area contributed by atoms with Crippen LogP contribution < -0.4 is 10.5 Å². The average Bonchev–Trinajstić information content (AvgIpc) is 2.61. The van der Waals surface area contributed by atoms with Crippen molar-refractivity contribution in [1.82, 2.24) is 4.98 Å². The number of alkyl halides is 3. The molecule has 0 aliphatic carbocycles. The summed E-state index contributed by atoms with van der Waals surface area (Å²) in [5.74, 6) is -0.00699. The molecular formula is C20H15F3N2O2. The number of nitrogens with zero attached hydrogens (tertiary/aromatic N) is 1. The van der Waals surface area contributed by atoms with Gasteiger partial charge in [-0.2, -0.15) is 13.2 Å². The molecule has 0 aliphatic heterocycles. The third kappa shape index (κ3) is 4.25. The second-order valence-electron chi connectivity index (χ2n) is 5.94. The van der Waals surface area contributed by atoms with E-state index >= 15 is 0 Å². The monoisotopic (exact) mass is 372 g/mol. The van der Waals surface area contributed by atoms with Crippen LogP contribution in [0.2, 0.25) is 0 Å². The van der Waals surface area contributed by atoms with Gasteiger partial charge in [-0.05, 0) is 48.0 Å². The van der Waals surface area contributed by atoms with E-state index in [4.69, 9.17) is 10.5 Å². The third-order valence-electron chi connectivity index (χ3n) is 3.91. The lowest BCUT2D eigenvalue weighted by molar-refractivity contribution is -0.137. The minimum Gasteiger partial charge on any atom is -0.455 e. The number of pyridine rings is 1. The first kappa shape index (κ1) is 18.4. The summed E-state index contributed by atoms with van der Waals surface area (Å²) in [5, 5.41) is 0.759. The van der Waals surface area contributed by atoms with Crippen molar-refractivity contribution in [2.75, 3.05) is 0 Å². The number of benzene rings is 2. The van der Waals surface area contributed by atoms with Crippen molar-refractivity contribution in [2.24, 2.45) is 5.73 Å². The number of halogens is 3. The maximum Gasteiger partial charge on any atom is 0.416 e. The molecule has 2 aromatic carbocycles. The number of nitrogens with two attached hydrogens (primary N) is 1. The van der Waals surface area contributed by atoms with Crippen LogP contribution in [0.3, 0.4) is 0 Å². The zero-order chi connectivity index (χ0) is 19.6. The molecule has 0 saturated heterocycles. The Morgan fingerprint density at radius 2 is 1.85 bits per heavy atom. The Labute approximate surface area is 153 Å². The van der Waals surface area contributed by atoms with Crippen LogP contribution in [0, 0.1) is 0 Å². The first-order chi connectivity index (χ1) is 12.7. The second kappa shape index (κ2) is 7.11. The average molecular weight is 372 g/mol. The van der Waals surface area contributed by atoms with Crippen molar-refractivity contribution >= 4 is 16.8 Å². The van der Waals surface area contributed by atoms with E-state index in [0.717, 1.165) is 23.1 Å². The summed E-state index contributed by atoms with van der Waals surface area (Å²) in [7, 11) is 0. The van der Waals surface area contributed by atoms with E-state index in [1.165, 1.54) is 12.1 Å². The summed E-state index contributed by atoms with van der Waals surface area (Å²) < 4.78 is 43.9. The maximum absolute atomic E-state index is 12.7. The second-order valence-corrected chi connectivity index (χ2v) is 5.94. The van der Waals surface area contributed by atoms with E-state index in [2.05, 4.69) is 11.6 Å². The van der Waals surface area contributed by atoms with Crippen LogP contribution in [0.1, 0.15) is 11.1 Å². The number of fused-ring (bicyclic) bond motifs is 1. The molecule has 4 nitrogen and oxygen atoms in total. The van der Waals surface area contributed by atoms with Crippen molar-refractivity contribution in [3.63, 3.8) is 0 Å². The Hall–Kier alpha value is -3.35. The van der Waals surface area contributed by atoms with Crippen LogP contribution in [0.15, 0.2) is 66.9 Å². The number of primary amides is 1. The van der Waals surface area contributed by atoms with Gasteiger partial charge in [0.1, 0.15) is 11.3 Å². The molecule has 0 radical (unpaired) electrons. The van der Waals surface area contributed by atoms with E-state index in [-0.39, 0.29) is 17.7 Å². The molecule has 138 valence electrons. The first-order valence-electron chi connectivity index (χ1n) is 7.94. The van der Waals surface area contributed by atoms with E-state index in [9.17, 15) is 18.0 Å². The molecule has 3 rings (SSSR count). The summed E-state index contributed by atoms with van der Waals surface area (Å²) in [6.07, 6.45) is -2.60. The molecule has 0 unspecified atom stereocenters. The number of hydrogen-bond acceptors (Lipinski definition) is 3. The van der Waals surface area contributed by atoms with Crippen molar-refractivity contribution in [3.05, 3.63) is 78.0 Å². The number of aromatic nitrogens is 1. The Bertz CT molecular complexity index is 1010. The van der Waals surface area contributed by atoms with Crippen LogP contribution in [-0.4, -0.2) is 10.9 Å². The van der Waals surface area contributed by atoms with Gasteiger partial charge < -0.3 is 10.5 Å². The van der Waals surface area contributed by atoms with Crippen LogP contribution in [0.4, 0.5) is 13.2 Å². The van der Waals surface area contributed by atoms with Gasteiger partial charge in [-0.15, -0.1) is 0 Å². The van der Waals surface area contributed by atoms with Crippen molar-refractivity contribution in [1.29, 1.82) is 0 Å². The lowest BCUT2D eigenvalue weighted by Gasteiger charge is -2.12. The SMILES string of the molecule is C=C(Cc1cc(Oc2ccc(C(F)(F)F)cc2)c2ncccc2c1)C(N)=O. The van der Waals surface area contributed by atoms with Gasteiger partial charge in [-0.25, -0.2) is 0 Å². The zero-order valence-corrected chi connectivity index (χ0v) is 14.1. The Kier molecular flexibility index (Phi) is 4.85. The predicted molar refractivity (Wildman–Crippen MR) is 95.3 cm³/mol. The summed E-state index contributed by atoms with van der Waals surface area (Å²) in [6.45, 7) is 3.64. The highest BCUT2D eigenvalue weighted by Crippen LogP contribution is 2.34. The summed E-state index contributed by atoms with van der Waals surface area (Å²) in [6, 6.07) is 11.4. The Morgan fingerprint density at radius 1 is 1.15 bits per heavy atom. The van der Waals surface area contributed by atoms with Crippen LogP contribution in [0.25, 0.3) is 10.9 Å². The van der Waals surface area contributed by atoms with Gasteiger partial charge in [0.05, 0.1) is 5.56 Å². The number of amides is 1. The minimum atomic E-state index is -4.41. The van der Waals surface area contributed by atoms with Crippen LogP contribution in [0.5, 0.6) is 11.5 Å². The quantitative estimate of drug-likeness (QED) is 0.664. The zero-order valence-electron chi connectivity index (χ0n) is 14.1.